The third kappa shape index (κ3) is 1.95. The molecule has 96 valence electrons. The topological polar surface area (TPSA) is 65.4 Å². The molecule has 0 radical (unpaired) electrons. The maximum Gasteiger partial charge on any atom is 0.216 e. The predicted molar refractivity (Wildman–Crippen MR) is 68.5 cm³/mol. The Hall–Kier alpha value is -1.62. The first-order chi connectivity index (χ1) is 8.78. The van der Waals surface area contributed by atoms with E-state index in [2.05, 4.69) is 10.1 Å². The van der Waals surface area contributed by atoms with Gasteiger partial charge in [0.1, 0.15) is 12.4 Å². The Morgan fingerprint density at radius 2 is 2.33 bits per heavy atom. The zero-order valence-corrected chi connectivity index (χ0v) is 10.5. The standard InChI is InChI=1S/C13H18N4O/c1-9-5-12-15-8-16-17(12)13(6-9)18-11-4-2-3-10(11)7-14/h5-6,8,10-11H,2-4,7,14H2,1H3. The summed E-state index contributed by atoms with van der Waals surface area (Å²) in [5.41, 5.74) is 7.74. The first-order valence-electron chi connectivity index (χ1n) is 6.45. The molecule has 3 rings (SSSR count). The van der Waals surface area contributed by atoms with Gasteiger partial charge in [0.2, 0.25) is 5.88 Å². The Kier molecular flexibility index (Phi) is 2.91. The number of aromatic nitrogens is 3. The normalized spacial score (nSPS) is 23.7. The van der Waals surface area contributed by atoms with Crippen LogP contribution in [-0.4, -0.2) is 27.2 Å². The molecule has 1 fully saturated rings. The molecule has 1 aliphatic rings. The molecule has 0 bridgehead atoms. The summed E-state index contributed by atoms with van der Waals surface area (Å²) >= 11 is 0. The second-order valence-corrected chi connectivity index (χ2v) is 4.98. The molecule has 2 atom stereocenters. The third-order valence-corrected chi connectivity index (χ3v) is 3.66. The summed E-state index contributed by atoms with van der Waals surface area (Å²) in [5, 5.41) is 4.20. The molecule has 5 nitrogen and oxygen atoms in total. The fraction of sp³-hybridized carbons (Fsp3) is 0.538. The summed E-state index contributed by atoms with van der Waals surface area (Å²) in [4.78, 5) is 4.20. The van der Waals surface area contributed by atoms with Gasteiger partial charge in [-0.05, 0) is 44.4 Å². The van der Waals surface area contributed by atoms with Gasteiger partial charge < -0.3 is 10.5 Å². The Bertz CT molecular complexity index is 551. The van der Waals surface area contributed by atoms with Crippen molar-refractivity contribution in [3.8, 4) is 5.88 Å². The largest absolute Gasteiger partial charge is 0.474 e. The van der Waals surface area contributed by atoms with Gasteiger partial charge in [-0.25, -0.2) is 4.98 Å². The SMILES string of the molecule is Cc1cc(OC2CCCC2CN)n2ncnc2c1. The molecule has 0 saturated heterocycles. The van der Waals surface area contributed by atoms with E-state index >= 15 is 0 Å². The zero-order chi connectivity index (χ0) is 12.5. The van der Waals surface area contributed by atoms with Crippen molar-refractivity contribution in [2.24, 2.45) is 11.7 Å². The van der Waals surface area contributed by atoms with Crippen LogP contribution in [0.5, 0.6) is 5.88 Å². The highest BCUT2D eigenvalue weighted by Gasteiger charge is 2.28. The second-order valence-electron chi connectivity index (χ2n) is 4.98. The van der Waals surface area contributed by atoms with E-state index in [4.69, 9.17) is 10.5 Å². The molecule has 0 aliphatic heterocycles. The van der Waals surface area contributed by atoms with E-state index in [0.717, 1.165) is 29.9 Å². The lowest BCUT2D eigenvalue weighted by molar-refractivity contribution is 0.151. The van der Waals surface area contributed by atoms with E-state index in [9.17, 15) is 0 Å². The van der Waals surface area contributed by atoms with Gasteiger partial charge in [-0.3, -0.25) is 0 Å². The smallest absolute Gasteiger partial charge is 0.216 e. The lowest BCUT2D eigenvalue weighted by Gasteiger charge is -2.20. The number of ether oxygens (including phenoxy) is 1. The minimum absolute atomic E-state index is 0.212. The van der Waals surface area contributed by atoms with E-state index in [1.807, 2.05) is 19.1 Å². The lowest BCUT2D eigenvalue weighted by atomic mass is 10.1. The lowest BCUT2D eigenvalue weighted by Crippen LogP contribution is -2.28. The average molecular weight is 246 g/mol. The highest BCUT2D eigenvalue weighted by atomic mass is 16.5. The molecule has 2 aromatic heterocycles. The summed E-state index contributed by atoms with van der Waals surface area (Å²) in [5.74, 6) is 1.23. The van der Waals surface area contributed by atoms with Crippen LogP contribution in [0.4, 0.5) is 0 Å². The van der Waals surface area contributed by atoms with Crippen LogP contribution in [0.1, 0.15) is 24.8 Å². The maximum atomic E-state index is 6.11. The number of nitrogens with two attached hydrogens (primary N) is 1. The predicted octanol–water partition coefficient (Wildman–Crippen LogP) is 1.54. The van der Waals surface area contributed by atoms with Gasteiger partial charge in [0.15, 0.2) is 5.65 Å². The highest BCUT2D eigenvalue weighted by Crippen LogP contribution is 2.29. The monoisotopic (exact) mass is 246 g/mol. The molecular formula is C13H18N4O. The van der Waals surface area contributed by atoms with Gasteiger partial charge in [-0.15, -0.1) is 0 Å². The molecule has 2 unspecified atom stereocenters. The van der Waals surface area contributed by atoms with E-state index in [-0.39, 0.29) is 6.10 Å². The van der Waals surface area contributed by atoms with Crippen LogP contribution >= 0.6 is 0 Å². The molecule has 2 aromatic rings. The Balaban J connectivity index is 1.92. The fourth-order valence-corrected chi connectivity index (χ4v) is 2.69. The Morgan fingerprint density at radius 3 is 3.17 bits per heavy atom. The minimum Gasteiger partial charge on any atom is -0.474 e. The van der Waals surface area contributed by atoms with Gasteiger partial charge in [0.25, 0.3) is 0 Å². The van der Waals surface area contributed by atoms with Crippen LogP contribution in [0.15, 0.2) is 18.5 Å². The van der Waals surface area contributed by atoms with Crippen LogP contribution in [-0.2, 0) is 0 Å². The number of hydrogen-bond acceptors (Lipinski definition) is 4. The molecule has 2 heterocycles. The molecule has 0 spiro atoms. The van der Waals surface area contributed by atoms with Crippen molar-refractivity contribution in [2.75, 3.05) is 6.54 Å². The third-order valence-electron chi connectivity index (χ3n) is 3.66. The van der Waals surface area contributed by atoms with Crippen molar-refractivity contribution >= 4 is 5.65 Å². The van der Waals surface area contributed by atoms with Crippen LogP contribution in [0.2, 0.25) is 0 Å². The van der Waals surface area contributed by atoms with Crippen molar-refractivity contribution in [2.45, 2.75) is 32.3 Å². The van der Waals surface area contributed by atoms with Gasteiger partial charge >= 0.3 is 0 Å². The van der Waals surface area contributed by atoms with Crippen LogP contribution in [0.25, 0.3) is 5.65 Å². The molecular weight excluding hydrogens is 228 g/mol. The van der Waals surface area contributed by atoms with Gasteiger partial charge in [0, 0.05) is 12.0 Å². The maximum absolute atomic E-state index is 6.11. The van der Waals surface area contributed by atoms with Gasteiger partial charge in [-0.2, -0.15) is 9.61 Å². The highest BCUT2D eigenvalue weighted by molar-refractivity contribution is 5.43. The molecule has 18 heavy (non-hydrogen) atoms. The number of nitrogens with zero attached hydrogens (tertiary/aromatic N) is 3. The van der Waals surface area contributed by atoms with Gasteiger partial charge in [-0.1, -0.05) is 0 Å². The summed E-state index contributed by atoms with van der Waals surface area (Å²) in [6.07, 6.45) is 5.19. The van der Waals surface area contributed by atoms with Crippen molar-refractivity contribution in [1.29, 1.82) is 0 Å². The van der Waals surface area contributed by atoms with Crippen molar-refractivity contribution < 1.29 is 4.74 Å². The molecule has 2 N–H and O–H groups in total. The van der Waals surface area contributed by atoms with E-state index in [1.54, 1.807) is 10.8 Å². The summed E-state index contributed by atoms with van der Waals surface area (Å²) in [6, 6.07) is 4.00. The number of pyridine rings is 1. The van der Waals surface area contributed by atoms with Crippen LogP contribution in [0.3, 0.4) is 0 Å². The number of hydrogen-bond donors (Lipinski definition) is 1. The van der Waals surface area contributed by atoms with E-state index in [0.29, 0.717) is 12.5 Å². The molecule has 1 aliphatic carbocycles. The van der Waals surface area contributed by atoms with Crippen LogP contribution < -0.4 is 10.5 Å². The Morgan fingerprint density at radius 1 is 1.44 bits per heavy atom. The number of aryl methyl sites for hydroxylation is 1. The average Bonchev–Trinajstić information content (AvgIpc) is 2.96. The van der Waals surface area contributed by atoms with E-state index in [1.165, 1.54) is 6.42 Å². The summed E-state index contributed by atoms with van der Waals surface area (Å²) < 4.78 is 7.86. The second kappa shape index (κ2) is 4.57. The van der Waals surface area contributed by atoms with Crippen LogP contribution in [0, 0.1) is 12.8 Å². The number of rotatable bonds is 3. The first-order valence-corrected chi connectivity index (χ1v) is 6.45. The van der Waals surface area contributed by atoms with Crippen molar-refractivity contribution in [1.82, 2.24) is 14.6 Å². The Labute approximate surface area is 106 Å². The van der Waals surface area contributed by atoms with E-state index < -0.39 is 0 Å². The minimum atomic E-state index is 0.212. The zero-order valence-electron chi connectivity index (χ0n) is 10.5. The molecule has 1 saturated carbocycles. The fourth-order valence-electron chi connectivity index (χ4n) is 2.69. The quantitative estimate of drug-likeness (QED) is 0.892. The molecule has 0 aromatic carbocycles. The molecule has 5 heteroatoms. The van der Waals surface area contributed by atoms with Gasteiger partial charge in [0.05, 0.1) is 0 Å². The van der Waals surface area contributed by atoms with Crippen molar-refractivity contribution in [3.63, 3.8) is 0 Å². The summed E-state index contributed by atoms with van der Waals surface area (Å²) in [6.45, 7) is 2.73. The van der Waals surface area contributed by atoms with Crippen molar-refractivity contribution in [3.05, 3.63) is 24.0 Å². The summed E-state index contributed by atoms with van der Waals surface area (Å²) in [7, 11) is 0. The molecule has 0 amide bonds. The first kappa shape index (κ1) is 11.5. The number of fused-ring (bicyclic) bond motifs is 1.